The summed E-state index contributed by atoms with van der Waals surface area (Å²) in [4.78, 5) is 10.0. The molecule has 0 amide bonds. The van der Waals surface area contributed by atoms with Crippen LogP contribution in [0.3, 0.4) is 0 Å². The number of aromatic nitrogens is 2. The quantitative estimate of drug-likeness (QED) is 0.491. The van der Waals surface area contributed by atoms with E-state index >= 15 is 0 Å². The molecule has 118 valence electrons. The standard InChI is InChI=1S/C12H22N6O2S/c1-9(2)18-4-3-10(8-18)5-16-21(19,20)11-6-14-12(17-13)15-7-11/h6-7,9-10,16H,3-5,8,13H2,1-2H3,(H,14,15,17). The van der Waals surface area contributed by atoms with Crippen LogP contribution in [0.1, 0.15) is 20.3 Å². The van der Waals surface area contributed by atoms with Crippen molar-refractivity contribution in [1.29, 1.82) is 0 Å². The highest BCUT2D eigenvalue weighted by atomic mass is 32.2. The van der Waals surface area contributed by atoms with Crippen molar-refractivity contribution in [2.75, 3.05) is 25.1 Å². The molecule has 21 heavy (non-hydrogen) atoms. The van der Waals surface area contributed by atoms with Crippen LogP contribution >= 0.6 is 0 Å². The molecule has 0 bridgehead atoms. The Kier molecular flexibility index (Phi) is 5.09. The molecular weight excluding hydrogens is 292 g/mol. The van der Waals surface area contributed by atoms with Crippen LogP contribution in [0, 0.1) is 5.92 Å². The predicted molar refractivity (Wildman–Crippen MR) is 79.8 cm³/mol. The molecule has 1 atom stereocenters. The van der Waals surface area contributed by atoms with Gasteiger partial charge in [0.15, 0.2) is 0 Å². The minimum absolute atomic E-state index is 0.0419. The van der Waals surface area contributed by atoms with Crippen LogP contribution in [-0.4, -0.2) is 49.0 Å². The molecule has 0 aromatic carbocycles. The fourth-order valence-corrected chi connectivity index (χ4v) is 3.34. The van der Waals surface area contributed by atoms with Gasteiger partial charge in [-0.05, 0) is 32.7 Å². The number of nitrogens with one attached hydrogen (secondary N) is 2. The predicted octanol–water partition coefficient (Wildman–Crippen LogP) is -0.229. The Hall–Kier alpha value is -1.29. The maximum absolute atomic E-state index is 12.1. The first-order valence-corrected chi connectivity index (χ1v) is 8.43. The van der Waals surface area contributed by atoms with Gasteiger partial charge >= 0.3 is 0 Å². The van der Waals surface area contributed by atoms with Gasteiger partial charge in [-0.25, -0.2) is 29.0 Å². The van der Waals surface area contributed by atoms with E-state index in [1.165, 1.54) is 12.4 Å². The zero-order valence-electron chi connectivity index (χ0n) is 12.3. The Bertz CT molecular complexity index is 560. The van der Waals surface area contributed by atoms with Gasteiger partial charge in [-0.2, -0.15) is 0 Å². The second kappa shape index (κ2) is 6.65. The third-order valence-electron chi connectivity index (χ3n) is 3.68. The molecule has 4 N–H and O–H groups in total. The second-order valence-corrected chi connectivity index (χ2v) is 7.25. The lowest BCUT2D eigenvalue weighted by molar-refractivity contribution is 0.265. The van der Waals surface area contributed by atoms with Crippen LogP contribution < -0.4 is 16.0 Å². The van der Waals surface area contributed by atoms with Crippen LogP contribution in [0.15, 0.2) is 17.3 Å². The average molecular weight is 314 g/mol. The molecule has 2 heterocycles. The zero-order valence-corrected chi connectivity index (χ0v) is 13.1. The van der Waals surface area contributed by atoms with Gasteiger partial charge in [0.05, 0.1) is 12.4 Å². The molecule has 1 aliphatic heterocycles. The number of sulfonamides is 1. The van der Waals surface area contributed by atoms with Crippen molar-refractivity contribution in [2.45, 2.75) is 31.2 Å². The zero-order chi connectivity index (χ0) is 15.5. The number of hydrogen-bond acceptors (Lipinski definition) is 7. The fourth-order valence-electron chi connectivity index (χ4n) is 2.34. The molecule has 0 saturated carbocycles. The highest BCUT2D eigenvalue weighted by molar-refractivity contribution is 7.89. The molecule has 1 saturated heterocycles. The molecule has 0 radical (unpaired) electrons. The van der Waals surface area contributed by atoms with Crippen molar-refractivity contribution in [3.63, 3.8) is 0 Å². The van der Waals surface area contributed by atoms with Crippen LogP contribution in [0.5, 0.6) is 0 Å². The molecule has 1 aliphatic rings. The van der Waals surface area contributed by atoms with Crippen LogP contribution in [0.25, 0.3) is 0 Å². The summed E-state index contributed by atoms with van der Waals surface area (Å²) in [7, 11) is -3.57. The number of nitrogens with two attached hydrogens (primary N) is 1. The maximum Gasteiger partial charge on any atom is 0.243 e. The van der Waals surface area contributed by atoms with Crippen molar-refractivity contribution in [3.05, 3.63) is 12.4 Å². The van der Waals surface area contributed by atoms with E-state index in [1.807, 2.05) is 0 Å². The number of hydrazine groups is 1. The molecule has 0 spiro atoms. The van der Waals surface area contributed by atoms with Crippen LogP contribution in [-0.2, 0) is 10.0 Å². The lowest BCUT2D eigenvalue weighted by Crippen LogP contribution is -2.33. The summed E-state index contributed by atoms with van der Waals surface area (Å²) in [6.45, 7) is 6.67. The molecule has 8 nitrogen and oxygen atoms in total. The Morgan fingerprint density at radius 1 is 1.43 bits per heavy atom. The molecular formula is C12H22N6O2S. The third-order valence-corrected chi connectivity index (χ3v) is 5.06. The van der Waals surface area contributed by atoms with Gasteiger partial charge in [0, 0.05) is 19.1 Å². The highest BCUT2D eigenvalue weighted by Crippen LogP contribution is 2.18. The van der Waals surface area contributed by atoms with E-state index in [1.54, 1.807) is 0 Å². The molecule has 1 aromatic heterocycles. The van der Waals surface area contributed by atoms with E-state index in [0.29, 0.717) is 18.5 Å². The maximum atomic E-state index is 12.1. The largest absolute Gasteiger partial charge is 0.301 e. The summed E-state index contributed by atoms with van der Waals surface area (Å²) in [5, 5.41) is 0. The van der Waals surface area contributed by atoms with E-state index < -0.39 is 10.0 Å². The van der Waals surface area contributed by atoms with Gasteiger partial charge in [0.1, 0.15) is 4.90 Å². The number of nitrogen functional groups attached to an aromatic ring is 1. The molecule has 0 aliphatic carbocycles. The van der Waals surface area contributed by atoms with Gasteiger partial charge in [-0.1, -0.05) is 0 Å². The number of nitrogens with zero attached hydrogens (tertiary/aromatic N) is 3. The molecule has 1 unspecified atom stereocenters. The van der Waals surface area contributed by atoms with E-state index in [2.05, 4.69) is 38.9 Å². The lowest BCUT2D eigenvalue weighted by atomic mass is 10.1. The fraction of sp³-hybridized carbons (Fsp3) is 0.667. The van der Waals surface area contributed by atoms with E-state index in [9.17, 15) is 8.42 Å². The van der Waals surface area contributed by atoms with Gasteiger partial charge in [-0.15, -0.1) is 0 Å². The number of anilines is 1. The van der Waals surface area contributed by atoms with Crippen LogP contribution in [0.4, 0.5) is 5.95 Å². The summed E-state index contributed by atoms with van der Waals surface area (Å²) in [5.41, 5.74) is 2.25. The summed E-state index contributed by atoms with van der Waals surface area (Å²) < 4.78 is 26.9. The Morgan fingerprint density at radius 3 is 2.62 bits per heavy atom. The molecule has 1 fully saturated rings. The second-order valence-electron chi connectivity index (χ2n) is 5.48. The number of rotatable bonds is 6. The summed E-state index contributed by atoms with van der Waals surface area (Å²) in [5.74, 6) is 5.66. The summed E-state index contributed by atoms with van der Waals surface area (Å²) in [6, 6.07) is 0.497. The van der Waals surface area contributed by atoms with Crippen molar-refractivity contribution >= 4 is 16.0 Å². The van der Waals surface area contributed by atoms with Crippen molar-refractivity contribution < 1.29 is 8.42 Å². The first-order chi connectivity index (χ1) is 9.92. The summed E-state index contributed by atoms with van der Waals surface area (Å²) >= 11 is 0. The first-order valence-electron chi connectivity index (χ1n) is 6.94. The number of hydrogen-bond donors (Lipinski definition) is 3. The Balaban J connectivity index is 1.92. The summed E-state index contributed by atoms with van der Waals surface area (Å²) in [6.07, 6.45) is 3.48. The topological polar surface area (TPSA) is 113 Å². The average Bonchev–Trinajstić information content (AvgIpc) is 2.94. The highest BCUT2D eigenvalue weighted by Gasteiger charge is 2.26. The third kappa shape index (κ3) is 4.10. The van der Waals surface area contributed by atoms with Crippen molar-refractivity contribution in [2.24, 2.45) is 11.8 Å². The van der Waals surface area contributed by atoms with E-state index in [-0.39, 0.29) is 10.8 Å². The number of likely N-dealkylation sites (tertiary alicyclic amines) is 1. The van der Waals surface area contributed by atoms with E-state index in [0.717, 1.165) is 19.5 Å². The minimum Gasteiger partial charge on any atom is -0.301 e. The molecule has 1 aromatic rings. The molecule has 9 heteroatoms. The van der Waals surface area contributed by atoms with Gasteiger partial charge in [-0.3, -0.25) is 5.43 Å². The minimum atomic E-state index is -3.57. The Morgan fingerprint density at radius 2 is 2.10 bits per heavy atom. The van der Waals surface area contributed by atoms with Crippen LogP contribution in [0.2, 0.25) is 0 Å². The normalized spacial score (nSPS) is 20.1. The van der Waals surface area contributed by atoms with Gasteiger partial charge in [0.2, 0.25) is 16.0 Å². The van der Waals surface area contributed by atoms with Crippen molar-refractivity contribution in [3.8, 4) is 0 Å². The van der Waals surface area contributed by atoms with Gasteiger partial charge < -0.3 is 4.90 Å². The monoisotopic (exact) mass is 314 g/mol. The Labute approximate surface area is 125 Å². The lowest BCUT2D eigenvalue weighted by Gasteiger charge is -2.20. The van der Waals surface area contributed by atoms with Crippen molar-refractivity contribution in [1.82, 2.24) is 19.6 Å². The SMILES string of the molecule is CC(C)N1CCC(CNS(=O)(=O)c2cnc(NN)nc2)C1. The first kappa shape index (κ1) is 16.1. The molecule has 2 rings (SSSR count). The van der Waals surface area contributed by atoms with Gasteiger partial charge in [0.25, 0.3) is 0 Å². The van der Waals surface area contributed by atoms with E-state index in [4.69, 9.17) is 5.84 Å². The smallest absolute Gasteiger partial charge is 0.243 e.